The molecule has 124 valence electrons. The van der Waals surface area contributed by atoms with E-state index in [1.807, 2.05) is 0 Å². The van der Waals surface area contributed by atoms with Crippen LogP contribution in [0.4, 0.5) is 0 Å². The third-order valence-corrected chi connectivity index (χ3v) is 6.09. The van der Waals surface area contributed by atoms with E-state index in [0.717, 1.165) is 51.9 Å². The maximum absolute atomic E-state index is 12.2. The van der Waals surface area contributed by atoms with Crippen molar-refractivity contribution in [1.82, 2.24) is 14.9 Å². The van der Waals surface area contributed by atoms with Crippen molar-refractivity contribution in [2.24, 2.45) is 0 Å². The molecule has 2 rings (SSSR count). The van der Waals surface area contributed by atoms with Crippen LogP contribution in [-0.2, 0) is 10.0 Å². The molecule has 2 heterocycles. The molecule has 0 radical (unpaired) electrons. The molecule has 0 aromatic heterocycles. The zero-order chi connectivity index (χ0) is 15.1. The van der Waals surface area contributed by atoms with Crippen molar-refractivity contribution in [3.63, 3.8) is 0 Å². The van der Waals surface area contributed by atoms with E-state index >= 15 is 0 Å². The highest BCUT2D eigenvalue weighted by molar-refractivity contribution is 7.89. The maximum Gasteiger partial charge on any atom is 0.211 e. The first-order valence-electron chi connectivity index (χ1n) is 8.55. The van der Waals surface area contributed by atoms with Gasteiger partial charge in [-0.05, 0) is 64.7 Å². The van der Waals surface area contributed by atoms with E-state index < -0.39 is 10.0 Å². The number of piperidine rings is 2. The summed E-state index contributed by atoms with van der Waals surface area (Å²) >= 11 is 0. The highest BCUT2D eigenvalue weighted by Gasteiger charge is 2.24. The summed E-state index contributed by atoms with van der Waals surface area (Å²) in [4.78, 5) is 2.43. The van der Waals surface area contributed by atoms with E-state index in [0.29, 0.717) is 6.04 Å². The first-order chi connectivity index (χ1) is 10.1. The minimum absolute atomic E-state index is 0.141. The number of nitrogens with zero attached hydrogens (tertiary/aromatic N) is 1. The van der Waals surface area contributed by atoms with Gasteiger partial charge in [0.25, 0.3) is 0 Å². The molecule has 0 aliphatic carbocycles. The van der Waals surface area contributed by atoms with Crippen molar-refractivity contribution < 1.29 is 8.42 Å². The molecule has 5 nitrogen and oxygen atoms in total. The Morgan fingerprint density at radius 3 is 2.57 bits per heavy atom. The second-order valence-corrected chi connectivity index (χ2v) is 8.36. The van der Waals surface area contributed by atoms with Gasteiger partial charge in [-0.25, -0.2) is 13.1 Å². The molecular weight excluding hydrogens is 286 g/mol. The smallest absolute Gasteiger partial charge is 0.211 e. The Morgan fingerprint density at radius 1 is 1.19 bits per heavy atom. The summed E-state index contributed by atoms with van der Waals surface area (Å²) in [5.41, 5.74) is 0. The molecule has 2 fully saturated rings. The summed E-state index contributed by atoms with van der Waals surface area (Å²) in [6.07, 6.45) is 7.36. The van der Waals surface area contributed by atoms with Crippen molar-refractivity contribution in [3.05, 3.63) is 0 Å². The quantitative estimate of drug-likeness (QED) is 0.743. The van der Waals surface area contributed by atoms with Gasteiger partial charge in [0.1, 0.15) is 0 Å². The zero-order valence-electron chi connectivity index (χ0n) is 13.3. The van der Waals surface area contributed by atoms with E-state index in [9.17, 15) is 8.42 Å². The Kier molecular flexibility index (Phi) is 6.92. The lowest BCUT2D eigenvalue weighted by atomic mass is 10.0. The second-order valence-electron chi connectivity index (χ2n) is 6.49. The standard InChI is InChI=1S/C15H31N3O2S/c1-2-10-18-11-6-15(7-12-18)17-21(19,20)13-8-14-5-3-4-9-16-14/h14-17H,2-13H2,1H3. The van der Waals surface area contributed by atoms with Gasteiger partial charge < -0.3 is 10.2 Å². The van der Waals surface area contributed by atoms with Crippen molar-refractivity contribution in [2.45, 2.75) is 64.0 Å². The summed E-state index contributed by atoms with van der Waals surface area (Å²) in [5, 5.41) is 3.42. The van der Waals surface area contributed by atoms with E-state index in [1.54, 1.807) is 0 Å². The fraction of sp³-hybridized carbons (Fsp3) is 1.00. The average molecular weight is 317 g/mol. The second kappa shape index (κ2) is 8.46. The molecule has 1 atom stereocenters. The number of hydrogen-bond acceptors (Lipinski definition) is 4. The van der Waals surface area contributed by atoms with Crippen LogP contribution < -0.4 is 10.0 Å². The minimum atomic E-state index is -3.12. The molecule has 6 heteroatoms. The van der Waals surface area contributed by atoms with Crippen LogP contribution in [0.5, 0.6) is 0 Å². The average Bonchev–Trinajstić information content (AvgIpc) is 2.48. The fourth-order valence-electron chi connectivity index (χ4n) is 3.37. The highest BCUT2D eigenvalue weighted by atomic mass is 32.2. The van der Waals surface area contributed by atoms with Gasteiger partial charge in [-0.15, -0.1) is 0 Å². The van der Waals surface area contributed by atoms with Crippen LogP contribution in [0, 0.1) is 0 Å². The van der Waals surface area contributed by atoms with Gasteiger partial charge in [0, 0.05) is 12.1 Å². The lowest BCUT2D eigenvalue weighted by Gasteiger charge is -2.32. The minimum Gasteiger partial charge on any atom is -0.314 e. The first-order valence-corrected chi connectivity index (χ1v) is 10.2. The number of rotatable bonds is 7. The SMILES string of the molecule is CCCN1CCC(NS(=O)(=O)CCC2CCCCN2)CC1. The van der Waals surface area contributed by atoms with E-state index in [2.05, 4.69) is 21.9 Å². The molecule has 21 heavy (non-hydrogen) atoms. The fourth-order valence-corrected chi connectivity index (χ4v) is 4.83. The van der Waals surface area contributed by atoms with E-state index in [4.69, 9.17) is 0 Å². The monoisotopic (exact) mass is 317 g/mol. The summed E-state index contributed by atoms with van der Waals surface area (Å²) in [6.45, 7) is 6.39. The molecule has 2 aliphatic heterocycles. The summed E-state index contributed by atoms with van der Waals surface area (Å²) < 4.78 is 27.3. The first kappa shape index (κ1) is 17.2. The molecule has 0 aromatic rings. The van der Waals surface area contributed by atoms with Crippen LogP contribution in [0.1, 0.15) is 51.9 Å². The van der Waals surface area contributed by atoms with Crippen molar-refractivity contribution in [3.8, 4) is 0 Å². The number of hydrogen-bond donors (Lipinski definition) is 2. The Labute approximate surface area is 129 Å². The van der Waals surface area contributed by atoms with Crippen LogP contribution in [0.25, 0.3) is 0 Å². The molecule has 1 unspecified atom stereocenters. The van der Waals surface area contributed by atoms with Crippen molar-refractivity contribution in [2.75, 3.05) is 31.9 Å². The summed E-state index contributed by atoms with van der Waals surface area (Å²) in [5.74, 6) is 0.264. The van der Waals surface area contributed by atoms with Gasteiger partial charge in [0.15, 0.2) is 0 Å². The van der Waals surface area contributed by atoms with Crippen molar-refractivity contribution in [1.29, 1.82) is 0 Å². The molecule has 0 spiro atoms. The molecule has 0 amide bonds. The van der Waals surface area contributed by atoms with Gasteiger partial charge in [0.2, 0.25) is 10.0 Å². The van der Waals surface area contributed by atoms with Gasteiger partial charge in [-0.2, -0.15) is 0 Å². The lowest BCUT2D eigenvalue weighted by Crippen LogP contribution is -2.46. The van der Waals surface area contributed by atoms with Crippen LogP contribution >= 0.6 is 0 Å². The number of nitrogens with one attached hydrogen (secondary N) is 2. The normalized spacial score (nSPS) is 26.0. The summed E-state index contributed by atoms with van der Waals surface area (Å²) in [7, 11) is -3.12. The Balaban J connectivity index is 1.68. The third-order valence-electron chi connectivity index (χ3n) is 4.62. The van der Waals surface area contributed by atoms with Gasteiger partial charge in [-0.3, -0.25) is 0 Å². The molecule has 0 aromatic carbocycles. The predicted octanol–water partition coefficient (Wildman–Crippen LogP) is 1.31. The molecule has 2 aliphatic rings. The Hall–Kier alpha value is -0.170. The molecule has 0 saturated carbocycles. The van der Waals surface area contributed by atoms with Gasteiger partial charge in [0.05, 0.1) is 5.75 Å². The van der Waals surface area contributed by atoms with Crippen LogP contribution in [0.2, 0.25) is 0 Å². The molecular formula is C15H31N3O2S. The van der Waals surface area contributed by atoms with Crippen LogP contribution in [0.3, 0.4) is 0 Å². The number of sulfonamides is 1. The van der Waals surface area contributed by atoms with E-state index in [1.165, 1.54) is 19.3 Å². The van der Waals surface area contributed by atoms with Gasteiger partial charge in [-0.1, -0.05) is 13.3 Å². The van der Waals surface area contributed by atoms with Crippen LogP contribution in [-0.4, -0.2) is 57.3 Å². The predicted molar refractivity (Wildman–Crippen MR) is 86.9 cm³/mol. The maximum atomic E-state index is 12.2. The molecule has 0 bridgehead atoms. The Morgan fingerprint density at radius 2 is 1.95 bits per heavy atom. The summed E-state index contributed by atoms with van der Waals surface area (Å²) in [6, 6.07) is 0.532. The molecule has 2 N–H and O–H groups in total. The largest absolute Gasteiger partial charge is 0.314 e. The topological polar surface area (TPSA) is 61.4 Å². The highest BCUT2D eigenvalue weighted by Crippen LogP contribution is 2.14. The van der Waals surface area contributed by atoms with Gasteiger partial charge >= 0.3 is 0 Å². The molecule has 2 saturated heterocycles. The lowest BCUT2D eigenvalue weighted by molar-refractivity contribution is 0.208. The van der Waals surface area contributed by atoms with Crippen LogP contribution in [0.15, 0.2) is 0 Å². The number of likely N-dealkylation sites (tertiary alicyclic amines) is 1. The van der Waals surface area contributed by atoms with Crippen molar-refractivity contribution >= 4 is 10.0 Å². The van der Waals surface area contributed by atoms with E-state index in [-0.39, 0.29) is 11.8 Å². The zero-order valence-corrected chi connectivity index (χ0v) is 14.1. The third kappa shape index (κ3) is 6.22. The Bertz CT molecular complexity index is 386.